The van der Waals surface area contributed by atoms with Gasteiger partial charge in [-0.1, -0.05) is 19.3 Å². The molecule has 1 saturated carbocycles. The molecule has 1 amide bonds. The minimum Gasteiger partial charge on any atom is -0.395 e. The number of carbonyl (C=O) groups is 1. The number of aryl methyl sites for hydroxylation is 1. The second kappa shape index (κ2) is 6.06. The lowest BCUT2D eigenvalue weighted by molar-refractivity contribution is 0.0580. The number of aliphatic hydroxyl groups is 1. The fraction of sp³-hybridized carbons (Fsp3) is 0.692. The molecule has 0 aliphatic heterocycles. The lowest BCUT2D eigenvalue weighted by Gasteiger charge is -2.33. The Kier molecular flexibility index (Phi) is 4.42. The third-order valence-electron chi connectivity index (χ3n) is 3.81. The van der Waals surface area contributed by atoms with Crippen molar-refractivity contribution in [2.75, 3.05) is 18.9 Å². The van der Waals surface area contributed by atoms with E-state index in [0.29, 0.717) is 17.9 Å². The number of hydrogen-bond donors (Lipinski definition) is 3. The van der Waals surface area contributed by atoms with Crippen molar-refractivity contribution in [3.63, 3.8) is 0 Å². The van der Waals surface area contributed by atoms with Crippen LogP contribution in [0.3, 0.4) is 0 Å². The monoisotopic (exact) mass is 266 g/mol. The first kappa shape index (κ1) is 13.9. The van der Waals surface area contributed by atoms with Crippen LogP contribution in [0.2, 0.25) is 0 Å². The topological polar surface area (TPSA) is 95.2 Å². The Morgan fingerprint density at radius 3 is 2.68 bits per heavy atom. The van der Waals surface area contributed by atoms with Gasteiger partial charge in [-0.25, -0.2) is 0 Å². The molecule has 0 saturated heterocycles. The van der Waals surface area contributed by atoms with Crippen LogP contribution >= 0.6 is 0 Å². The summed E-state index contributed by atoms with van der Waals surface area (Å²) in [6.07, 6.45) is 5.48. The number of amides is 1. The van der Waals surface area contributed by atoms with Gasteiger partial charge in [0.15, 0.2) is 5.69 Å². The smallest absolute Gasteiger partial charge is 0.276 e. The van der Waals surface area contributed by atoms with Gasteiger partial charge in [-0.05, 0) is 19.8 Å². The maximum absolute atomic E-state index is 12.5. The predicted molar refractivity (Wildman–Crippen MR) is 72.7 cm³/mol. The number of anilines is 1. The van der Waals surface area contributed by atoms with Crippen LogP contribution in [0.1, 0.15) is 48.3 Å². The minimum atomic E-state index is -0.178. The van der Waals surface area contributed by atoms with Crippen molar-refractivity contribution in [1.29, 1.82) is 0 Å². The average Bonchev–Trinajstić information content (AvgIpc) is 2.77. The van der Waals surface area contributed by atoms with E-state index >= 15 is 0 Å². The van der Waals surface area contributed by atoms with Crippen LogP contribution in [-0.2, 0) is 0 Å². The highest BCUT2D eigenvalue weighted by Crippen LogP contribution is 2.25. The number of nitrogens with zero attached hydrogens (tertiary/aromatic N) is 2. The predicted octanol–water partition coefficient (Wildman–Crippen LogP) is 1.07. The highest BCUT2D eigenvalue weighted by atomic mass is 16.3. The van der Waals surface area contributed by atoms with Gasteiger partial charge >= 0.3 is 0 Å². The van der Waals surface area contributed by atoms with Crippen LogP contribution in [0.15, 0.2) is 0 Å². The second-order valence-electron chi connectivity index (χ2n) is 5.12. The first-order chi connectivity index (χ1) is 9.15. The van der Waals surface area contributed by atoms with Gasteiger partial charge in [0.2, 0.25) is 0 Å². The zero-order chi connectivity index (χ0) is 13.8. The van der Waals surface area contributed by atoms with Crippen LogP contribution in [0, 0.1) is 6.92 Å². The van der Waals surface area contributed by atoms with Gasteiger partial charge in [-0.15, -0.1) is 0 Å². The Labute approximate surface area is 113 Å². The van der Waals surface area contributed by atoms with Crippen molar-refractivity contribution >= 4 is 11.6 Å². The van der Waals surface area contributed by atoms with Gasteiger partial charge in [-0.3, -0.25) is 9.89 Å². The fourth-order valence-corrected chi connectivity index (χ4v) is 2.69. The minimum absolute atomic E-state index is 0.0362. The highest BCUT2D eigenvalue weighted by Gasteiger charge is 2.28. The quantitative estimate of drug-likeness (QED) is 0.759. The molecule has 1 aliphatic rings. The van der Waals surface area contributed by atoms with Gasteiger partial charge < -0.3 is 15.7 Å². The van der Waals surface area contributed by atoms with Crippen LogP contribution in [-0.4, -0.2) is 45.3 Å². The Morgan fingerprint density at radius 1 is 1.47 bits per heavy atom. The molecule has 1 aliphatic carbocycles. The van der Waals surface area contributed by atoms with Crippen LogP contribution in [0.4, 0.5) is 5.69 Å². The summed E-state index contributed by atoms with van der Waals surface area (Å²) in [7, 11) is 0. The van der Waals surface area contributed by atoms with Gasteiger partial charge in [0.25, 0.3) is 5.91 Å². The molecule has 0 spiro atoms. The van der Waals surface area contributed by atoms with Crippen molar-refractivity contribution in [3.8, 4) is 0 Å². The SMILES string of the molecule is Cc1[nH]nc(C(=O)N(CCO)C2CCCCC2)c1N. The van der Waals surface area contributed by atoms with Gasteiger partial charge in [0, 0.05) is 12.6 Å². The number of nitrogen functional groups attached to an aromatic ring is 1. The molecule has 2 rings (SSSR count). The van der Waals surface area contributed by atoms with Crippen LogP contribution < -0.4 is 5.73 Å². The molecule has 106 valence electrons. The average molecular weight is 266 g/mol. The van der Waals surface area contributed by atoms with Crippen molar-refractivity contribution in [3.05, 3.63) is 11.4 Å². The first-order valence-electron chi connectivity index (χ1n) is 6.87. The molecule has 6 nitrogen and oxygen atoms in total. The Morgan fingerprint density at radius 2 is 2.16 bits per heavy atom. The number of nitrogens with two attached hydrogens (primary N) is 1. The van der Waals surface area contributed by atoms with Crippen LogP contribution in [0.25, 0.3) is 0 Å². The summed E-state index contributed by atoms with van der Waals surface area (Å²) < 4.78 is 0. The Balaban J connectivity index is 2.18. The van der Waals surface area contributed by atoms with Crippen molar-refractivity contribution in [1.82, 2.24) is 15.1 Å². The molecule has 0 atom stereocenters. The maximum atomic E-state index is 12.5. The molecule has 1 aromatic heterocycles. The number of hydrogen-bond acceptors (Lipinski definition) is 4. The molecule has 0 bridgehead atoms. The number of aromatic amines is 1. The zero-order valence-electron chi connectivity index (χ0n) is 11.4. The van der Waals surface area contributed by atoms with E-state index in [0.717, 1.165) is 25.7 Å². The molecule has 1 aromatic rings. The summed E-state index contributed by atoms with van der Waals surface area (Å²) in [5, 5.41) is 15.9. The van der Waals surface area contributed by atoms with E-state index in [4.69, 9.17) is 5.73 Å². The molecule has 0 aromatic carbocycles. The van der Waals surface area contributed by atoms with Crippen molar-refractivity contribution in [2.24, 2.45) is 0 Å². The van der Waals surface area contributed by atoms with E-state index in [2.05, 4.69) is 10.2 Å². The molecule has 1 fully saturated rings. The molecule has 0 radical (unpaired) electrons. The summed E-state index contributed by atoms with van der Waals surface area (Å²) in [6.45, 7) is 2.09. The molecular weight excluding hydrogens is 244 g/mol. The van der Waals surface area contributed by atoms with E-state index in [1.54, 1.807) is 11.8 Å². The number of aliphatic hydroxyl groups excluding tert-OH is 1. The third kappa shape index (κ3) is 2.89. The number of nitrogens with one attached hydrogen (secondary N) is 1. The number of rotatable bonds is 4. The summed E-state index contributed by atoms with van der Waals surface area (Å²) in [6, 6.07) is 0.199. The zero-order valence-corrected chi connectivity index (χ0v) is 11.4. The Bertz CT molecular complexity index is 438. The summed E-state index contributed by atoms with van der Waals surface area (Å²) in [4.78, 5) is 14.2. The molecule has 0 unspecified atom stereocenters. The van der Waals surface area contributed by atoms with Gasteiger partial charge in [0.05, 0.1) is 18.0 Å². The fourth-order valence-electron chi connectivity index (χ4n) is 2.69. The summed E-state index contributed by atoms with van der Waals surface area (Å²) in [5.41, 5.74) is 7.25. The largest absolute Gasteiger partial charge is 0.395 e. The lowest BCUT2D eigenvalue weighted by atomic mass is 9.94. The Hall–Kier alpha value is -1.56. The normalized spacial score (nSPS) is 16.5. The first-order valence-corrected chi connectivity index (χ1v) is 6.87. The number of H-pyrrole nitrogens is 1. The van der Waals surface area contributed by atoms with Crippen molar-refractivity contribution < 1.29 is 9.90 Å². The number of aromatic nitrogens is 2. The van der Waals surface area contributed by atoms with E-state index in [1.165, 1.54) is 6.42 Å². The number of carbonyl (C=O) groups excluding carboxylic acids is 1. The van der Waals surface area contributed by atoms with E-state index in [1.807, 2.05) is 0 Å². The van der Waals surface area contributed by atoms with E-state index in [9.17, 15) is 9.90 Å². The molecule has 6 heteroatoms. The lowest BCUT2D eigenvalue weighted by Crippen LogP contribution is -2.43. The van der Waals surface area contributed by atoms with E-state index < -0.39 is 0 Å². The summed E-state index contributed by atoms with van der Waals surface area (Å²) >= 11 is 0. The maximum Gasteiger partial charge on any atom is 0.276 e. The third-order valence-corrected chi connectivity index (χ3v) is 3.81. The summed E-state index contributed by atoms with van der Waals surface area (Å²) in [5.74, 6) is -0.178. The van der Waals surface area contributed by atoms with Gasteiger partial charge in [-0.2, -0.15) is 5.10 Å². The molecule has 1 heterocycles. The molecule has 19 heavy (non-hydrogen) atoms. The standard InChI is InChI=1S/C13H22N4O2/c1-9-11(14)12(16-15-9)13(19)17(7-8-18)10-5-3-2-4-6-10/h10,18H,2-8,14H2,1H3,(H,15,16). The van der Waals surface area contributed by atoms with Crippen LogP contribution in [0.5, 0.6) is 0 Å². The molecular formula is C13H22N4O2. The highest BCUT2D eigenvalue weighted by molar-refractivity contribution is 5.97. The van der Waals surface area contributed by atoms with Gasteiger partial charge in [0.1, 0.15) is 0 Å². The van der Waals surface area contributed by atoms with E-state index in [-0.39, 0.29) is 24.2 Å². The second-order valence-corrected chi connectivity index (χ2v) is 5.12. The molecule has 4 N–H and O–H groups in total. The van der Waals surface area contributed by atoms with Crippen molar-refractivity contribution in [2.45, 2.75) is 45.1 Å².